The van der Waals surface area contributed by atoms with Gasteiger partial charge in [-0.25, -0.2) is 0 Å². The monoisotopic (exact) mass is 291 g/mol. The highest BCUT2D eigenvalue weighted by atomic mass is 16.5. The van der Waals surface area contributed by atoms with Gasteiger partial charge in [0.05, 0.1) is 6.61 Å². The zero-order chi connectivity index (χ0) is 15.7. The Morgan fingerprint density at radius 3 is 2.43 bits per heavy atom. The van der Waals surface area contributed by atoms with Gasteiger partial charge in [0.15, 0.2) is 0 Å². The molecule has 0 atom stereocenters. The van der Waals surface area contributed by atoms with Crippen LogP contribution in [-0.4, -0.2) is 19.7 Å². The van der Waals surface area contributed by atoms with Gasteiger partial charge in [-0.15, -0.1) is 0 Å². The molecule has 1 rings (SSSR count). The van der Waals surface area contributed by atoms with Crippen LogP contribution in [0.2, 0.25) is 0 Å². The molecule has 1 N–H and O–H groups in total. The van der Waals surface area contributed by atoms with E-state index < -0.39 is 0 Å². The molecular weight excluding hydrogens is 258 g/mol. The predicted molar refractivity (Wildman–Crippen MR) is 92.3 cm³/mol. The van der Waals surface area contributed by atoms with Gasteiger partial charge in [-0.3, -0.25) is 0 Å². The summed E-state index contributed by atoms with van der Waals surface area (Å²) in [6.45, 7) is 14.2. The molecule has 0 fully saturated rings. The van der Waals surface area contributed by atoms with Gasteiger partial charge in [-0.2, -0.15) is 0 Å². The van der Waals surface area contributed by atoms with Crippen molar-refractivity contribution >= 4 is 0 Å². The van der Waals surface area contributed by atoms with Crippen LogP contribution in [0.1, 0.15) is 64.0 Å². The largest absolute Gasteiger partial charge is 0.494 e. The summed E-state index contributed by atoms with van der Waals surface area (Å²) in [6.07, 6.45) is 3.60. The van der Waals surface area contributed by atoms with E-state index in [9.17, 15) is 0 Å². The van der Waals surface area contributed by atoms with E-state index in [0.29, 0.717) is 5.92 Å². The van der Waals surface area contributed by atoms with Crippen LogP contribution in [0, 0.1) is 12.8 Å². The van der Waals surface area contributed by atoms with Gasteiger partial charge in [0, 0.05) is 0 Å². The Morgan fingerprint density at radius 2 is 1.81 bits per heavy atom. The van der Waals surface area contributed by atoms with Gasteiger partial charge in [-0.05, 0) is 74.4 Å². The van der Waals surface area contributed by atoms with E-state index >= 15 is 0 Å². The number of hydrogen-bond donors (Lipinski definition) is 1. The molecule has 0 saturated heterocycles. The fourth-order valence-electron chi connectivity index (χ4n) is 2.50. The number of ether oxygens (including phenoxy) is 1. The summed E-state index contributed by atoms with van der Waals surface area (Å²) in [5.74, 6) is 2.33. The van der Waals surface area contributed by atoms with E-state index in [-0.39, 0.29) is 0 Å². The fraction of sp³-hybridized carbons (Fsp3) is 0.684. The van der Waals surface area contributed by atoms with E-state index in [0.717, 1.165) is 37.8 Å². The van der Waals surface area contributed by atoms with Crippen molar-refractivity contribution in [3.05, 3.63) is 29.3 Å². The maximum absolute atomic E-state index is 5.85. The molecule has 0 aromatic heterocycles. The standard InChI is InChI=1S/C19H33NO/c1-15(2)14-20-11-7-6-8-12-21-18-9-10-19(16(3)4)17(5)13-18/h9-10,13,15-16,20H,6-8,11-12,14H2,1-5H3. The first-order chi connectivity index (χ1) is 10.0. The lowest BCUT2D eigenvalue weighted by atomic mass is 9.98. The quantitative estimate of drug-likeness (QED) is 0.618. The van der Waals surface area contributed by atoms with Crippen molar-refractivity contribution in [2.45, 2.75) is 59.8 Å². The Balaban J connectivity index is 2.14. The Bertz CT molecular complexity index is 399. The maximum atomic E-state index is 5.85. The SMILES string of the molecule is Cc1cc(OCCCCCNCC(C)C)ccc1C(C)C. The molecule has 0 amide bonds. The minimum Gasteiger partial charge on any atom is -0.494 e. The third-order valence-corrected chi connectivity index (χ3v) is 3.68. The summed E-state index contributed by atoms with van der Waals surface area (Å²) in [4.78, 5) is 0. The van der Waals surface area contributed by atoms with Gasteiger partial charge in [0.25, 0.3) is 0 Å². The molecule has 0 aliphatic carbocycles. The van der Waals surface area contributed by atoms with Crippen LogP contribution < -0.4 is 10.1 Å². The van der Waals surface area contributed by atoms with Crippen molar-refractivity contribution in [3.8, 4) is 5.75 Å². The molecule has 1 aromatic carbocycles. The minimum absolute atomic E-state index is 0.581. The highest BCUT2D eigenvalue weighted by molar-refractivity contribution is 5.36. The number of unbranched alkanes of at least 4 members (excludes halogenated alkanes) is 2. The Hall–Kier alpha value is -1.02. The molecular formula is C19H33NO. The Labute approximate surface area is 131 Å². The van der Waals surface area contributed by atoms with Crippen molar-refractivity contribution < 1.29 is 4.74 Å². The van der Waals surface area contributed by atoms with E-state index in [1.165, 1.54) is 24.0 Å². The molecule has 1 aromatic rings. The average molecular weight is 291 g/mol. The van der Waals surface area contributed by atoms with Crippen molar-refractivity contribution in [1.82, 2.24) is 5.32 Å². The Kier molecular flexibility index (Phi) is 8.44. The normalized spacial score (nSPS) is 11.4. The first-order valence-electron chi connectivity index (χ1n) is 8.44. The van der Waals surface area contributed by atoms with E-state index in [1.54, 1.807) is 0 Å². The van der Waals surface area contributed by atoms with Gasteiger partial charge < -0.3 is 10.1 Å². The second-order valence-electron chi connectivity index (χ2n) is 6.68. The van der Waals surface area contributed by atoms with Crippen molar-refractivity contribution in [3.63, 3.8) is 0 Å². The number of aryl methyl sites for hydroxylation is 1. The van der Waals surface area contributed by atoms with Crippen molar-refractivity contribution in [2.24, 2.45) is 5.92 Å². The maximum Gasteiger partial charge on any atom is 0.119 e. The van der Waals surface area contributed by atoms with E-state index in [1.807, 2.05) is 0 Å². The van der Waals surface area contributed by atoms with Crippen LogP contribution >= 0.6 is 0 Å². The third-order valence-electron chi connectivity index (χ3n) is 3.68. The zero-order valence-electron chi connectivity index (χ0n) is 14.5. The summed E-state index contributed by atoms with van der Waals surface area (Å²) in [7, 11) is 0. The van der Waals surface area contributed by atoms with E-state index in [2.05, 4.69) is 58.1 Å². The van der Waals surface area contributed by atoms with Gasteiger partial charge >= 0.3 is 0 Å². The van der Waals surface area contributed by atoms with Gasteiger partial charge in [-0.1, -0.05) is 33.8 Å². The predicted octanol–water partition coefficient (Wildman–Crippen LogP) is 4.91. The molecule has 0 bridgehead atoms. The van der Waals surface area contributed by atoms with Crippen LogP contribution in [0.25, 0.3) is 0 Å². The Morgan fingerprint density at radius 1 is 1.05 bits per heavy atom. The van der Waals surface area contributed by atoms with Crippen LogP contribution in [-0.2, 0) is 0 Å². The molecule has 2 heteroatoms. The molecule has 21 heavy (non-hydrogen) atoms. The smallest absolute Gasteiger partial charge is 0.119 e. The highest BCUT2D eigenvalue weighted by Crippen LogP contribution is 2.23. The van der Waals surface area contributed by atoms with Crippen LogP contribution in [0.5, 0.6) is 5.75 Å². The molecule has 0 aliphatic rings. The topological polar surface area (TPSA) is 21.3 Å². The second-order valence-corrected chi connectivity index (χ2v) is 6.68. The molecule has 0 aliphatic heterocycles. The van der Waals surface area contributed by atoms with Crippen LogP contribution in [0.4, 0.5) is 0 Å². The molecule has 120 valence electrons. The fourth-order valence-corrected chi connectivity index (χ4v) is 2.50. The first-order valence-corrected chi connectivity index (χ1v) is 8.44. The number of nitrogens with one attached hydrogen (secondary N) is 1. The number of benzene rings is 1. The molecule has 2 nitrogen and oxygen atoms in total. The van der Waals surface area contributed by atoms with Crippen molar-refractivity contribution in [2.75, 3.05) is 19.7 Å². The summed E-state index contributed by atoms with van der Waals surface area (Å²) >= 11 is 0. The number of rotatable bonds is 10. The summed E-state index contributed by atoms with van der Waals surface area (Å²) in [5.41, 5.74) is 2.75. The first kappa shape index (κ1) is 18.0. The van der Waals surface area contributed by atoms with Gasteiger partial charge in [0.1, 0.15) is 5.75 Å². The van der Waals surface area contributed by atoms with Gasteiger partial charge in [0.2, 0.25) is 0 Å². The summed E-state index contributed by atoms with van der Waals surface area (Å²) < 4.78 is 5.85. The third kappa shape index (κ3) is 7.52. The average Bonchev–Trinajstić information content (AvgIpc) is 2.41. The van der Waals surface area contributed by atoms with Crippen LogP contribution in [0.3, 0.4) is 0 Å². The number of hydrogen-bond acceptors (Lipinski definition) is 2. The van der Waals surface area contributed by atoms with E-state index in [4.69, 9.17) is 4.74 Å². The molecule has 0 heterocycles. The minimum atomic E-state index is 0.581. The lowest BCUT2D eigenvalue weighted by molar-refractivity contribution is 0.304. The molecule has 0 spiro atoms. The lowest BCUT2D eigenvalue weighted by Gasteiger charge is -2.12. The van der Waals surface area contributed by atoms with Crippen molar-refractivity contribution in [1.29, 1.82) is 0 Å². The second kappa shape index (κ2) is 9.83. The zero-order valence-corrected chi connectivity index (χ0v) is 14.5. The summed E-state index contributed by atoms with van der Waals surface area (Å²) in [5, 5.41) is 3.48. The molecule has 0 saturated carbocycles. The molecule has 0 radical (unpaired) electrons. The summed E-state index contributed by atoms with van der Waals surface area (Å²) in [6, 6.07) is 6.47. The highest BCUT2D eigenvalue weighted by Gasteiger charge is 2.04. The van der Waals surface area contributed by atoms with Crippen LogP contribution in [0.15, 0.2) is 18.2 Å². The lowest BCUT2D eigenvalue weighted by Crippen LogP contribution is -2.20. The molecule has 0 unspecified atom stereocenters.